The van der Waals surface area contributed by atoms with E-state index >= 15 is 0 Å². The van der Waals surface area contributed by atoms with Crippen molar-refractivity contribution in [2.75, 3.05) is 19.9 Å². The van der Waals surface area contributed by atoms with Gasteiger partial charge in [-0.15, -0.1) is 0 Å². The molecule has 0 spiro atoms. The lowest BCUT2D eigenvalue weighted by Gasteiger charge is -2.20. The Morgan fingerprint density at radius 2 is 1.77 bits per heavy atom. The molecule has 0 aromatic heterocycles. The summed E-state index contributed by atoms with van der Waals surface area (Å²) in [7, 11) is -1.95. The quantitative estimate of drug-likeness (QED) is 0.765. The van der Waals surface area contributed by atoms with Crippen LogP contribution in [0.5, 0.6) is 5.75 Å². The van der Waals surface area contributed by atoms with Crippen molar-refractivity contribution in [2.45, 2.75) is 20.0 Å². The van der Waals surface area contributed by atoms with Crippen LogP contribution in [0.25, 0.3) is 0 Å². The third-order valence-electron chi connectivity index (χ3n) is 3.94. The van der Waals surface area contributed by atoms with Crippen molar-refractivity contribution in [3.8, 4) is 5.75 Å². The lowest BCUT2D eigenvalue weighted by atomic mass is 10.1. The Labute approximate surface area is 154 Å². The number of carbonyl (C=O) groups is 1. The van der Waals surface area contributed by atoms with Crippen LogP contribution in [0, 0.1) is 6.92 Å². The molecule has 0 saturated heterocycles. The summed E-state index contributed by atoms with van der Waals surface area (Å²) >= 11 is 0. The second-order valence-electron chi connectivity index (χ2n) is 6.11. The summed E-state index contributed by atoms with van der Waals surface area (Å²) in [5.74, 6) is 0.306. The summed E-state index contributed by atoms with van der Waals surface area (Å²) in [5.41, 5.74) is 2.75. The molecule has 0 fully saturated rings. The number of carbonyl (C=O) groups excluding carboxylic acids is 1. The van der Waals surface area contributed by atoms with Gasteiger partial charge in [-0.3, -0.25) is 4.79 Å². The van der Waals surface area contributed by atoms with Gasteiger partial charge in [-0.25, -0.2) is 8.42 Å². The normalized spacial score (nSPS) is 11.4. The summed E-state index contributed by atoms with van der Waals surface area (Å²) in [6.45, 7) is 2.15. The summed E-state index contributed by atoms with van der Waals surface area (Å²) in [6, 6.07) is 14.9. The minimum atomic E-state index is -3.52. The predicted molar refractivity (Wildman–Crippen MR) is 101 cm³/mol. The van der Waals surface area contributed by atoms with Crippen LogP contribution in [0.4, 0.5) is 0 Å². The third-order valence-corrected chi connectivity index (χ3v) is 5.13. The lowest BCUT2D eigenvalue weighted by Crippen LogP contribution is -2.39. The first-order valence-electron chi connectivity index (χ1n) is 8.19. The lowest BCUT2D eigenvalue weighted by molar-refractivity contribution is -0.121. The number of para-hydroxylation sites is 1. The summed E-state index contributed by atoms with van der Waals surface area (Å²) in [4.78, 5) is 12.3. The van der Waals surface area contributed by atoms with Gasteiger partial charge in [0.15, 0.2) is 0 Å². The molecule has 2 rings (SSSR count). The molecule has 6 nitrogen and oxygen atoms in total. The highest BCUT2D eigenvalue weighted by molar-refractivity contribution is 7.88. The second-order valence-corrected chi connectivity index (χ2v) is 8.09. The second kappa shape index (κ2) is 8.82. The van der Waals surface area contributed by atoms with Crippen molar-refractivity contribution in [1.82, 2.24) is 9.62 Å². The van der Waals surface area contributed by atoms with Crippen molar-refractivity contribution in [3.05, 3.63) is 65.2 Å². The molecule has 0 radical (unpaired) electrons. The number of amides is 1. The summed E-state index contributed by atoms with van der Waals surface area (Å²) < 4.78 is 30.5. The van der Waals surface area contributed by atoms with E-state index in [-0.39, 0.29) is 25.5 Å². The van der Waals surface area contributed by atoms with E-state index in [0.717, 1.165) is 27.3 Å². The molecule has 2 aromatic rings. The maximum atomic E-state index is 12.3. The number of ether oxygens (including phenoxy) is 1. The van der Waals surface area contributed by atoms with E-state index in [9.17, 15) is 13.2 Å². The van der Waals surface area contributed by atoms with Crippen molar-refractivity contribution >= 4 is 15.9 Å². The number of nitrogens with zero attached hydrogens (tertiary/aromatic N) is 1. The van der Waals surface area contributed by atoms with Gasteiger partial charge >= 0.3 is 0 Å². The number of nitrogens with one attached hydrogen (secondary N) is 1. The molecule has 0 bridgehead atoms. The zero-order chi connectivity index (χ0) is 19.2. The number of hydrogen-bond donors (Lipinski definition) is 1. The number of methoxy groups -OCH3 is 1. The molecule has 1 amide bonds. The van der Waals surface area contributed by atoms with Gasteiger partial charge in [0.1, 0.15) is 5.75 Å². The maximum Gasteiger partial charge on any atom is 0.235 e. The number of benzene rings is 2. The predicted octanol–water partition coefficient (Wildman–Crippen LogP) is 2.08. The van der Waals surface area contributed by atoms with Gasteiger partial charge < -0.3 is 10.1 Å². The molecule has 0 aliphatic rings. The molecule has 7 heteroatoms. The van der Waals surface area contributed by atoms with E-state index in [1.807, 2.05) is 55.5 Å². The molecule has 1 N–H and O–H groups in total. The fraction of sp³-hybridized carbons (Fsp3) is 0.316. The number of sulfonamides is 1. The van der Waals surface area contributed by atoms with Crippen molar-refractivity contribution in [1.29, 1.82) is 0 Å². The van der Waals surface area contributed by atoms with Crippen LogP contribution in [-0.4, -0.2) is 38.5 Å². The SMILES string of the molecule is COc1ccccc1CNC(=O)CN(Cc1ccc(C)cc1)S(C)(=O)=O. The van der Waals surface area contributed by atoms with Crippen LogP contribution >= 0.6 is 0 Å². The molecular formula is C19H24N2O4S. The van der Waals surface area contributed by atoms with E-state index in [1.165, 1.54) is 0 Å². The van der Waals surface area contributed by atoms with Crippen molar-refractivity contribution in [2.24, 2.45) is 0 Å². The van der Waals surface area contributed by atoms with E-state index < -0.39 is 10.0 Å². The van der Waals surface area contributed by atoms with Crippen LogP contribution < -0.4 is 10.1 Å². The van der Waals surface area contributed by atoms with Gasteiger partial charge in [-0.1, -0.05) is 48.0 Å². The highest BCUT2D eigenvalue weighted by Crippen LogP contribution is 2.16. The monoisotopic (exact) mass is 376 g/mol. The highest BCUT2D eigenvalue weighted by atomic mass is 32.2. The Morgan fingerprint density at radius 1 is 1.12 bits per heavy atom. The van der Waals surface area contributed by atoms with Crippen LogP contribution in [0.15, 0.2) is 48.5 Å². The zero-order valence-electron chi connectivity index (χ0n) is 15.2. The molecular weight excluding hydrogens is 352 g/mol. The van der Waals surface area contributed by atoms with Crippen LogP contribution in [0.3, 0.4) is 0 Å². The summed E-state index contributed by atoms with van der Waals surface area (Å²) in [5, 5.41) is 2.75. The van der Waals surface area contributed by atoms with Gasteiger partial charge in [0.25, 0.3) is 0 Å². The fourth-order valence-corrected chi connectivity index (χ4v) is 3.18. The fourth-order valence-electron chi connectivity index (χ4n) is 2.45. The Kier molecular flexibility index (Phi) is 6.76. The average Bonchev–Trinajstić information content (AvgIpc) is 2.60. The highest BCUT2D eigenvalue weighted by Gasteiger charge is 2.20. The molecule has 0 heterocycles. The first-order chi connectivity index (χ1) is 12.3. The first kappa shape index (κ1) is 19.9. The van der Waals surface area contributed by atoms with Gasteiger partial charge in [0, 0.05) is 18.7 Å². The Hall–Kier alpha value is -2.38. The van der Waals surface area contributed by atoms with Gasteiger partial charge in [-0.2, -0.15) is 4.31 Å². The van der Waals surface area contributed by atoms with Crippen LogP contribution in [0.2, 0.25) is 0 Å². The third kappa shape index (κ3) is 5.86. The van der Waals surface area contributed by atoms with Crippen LogP contribution in [-0.2, 0) is 27.9 Å². The minimum absolute atomic E-state index is 0.154. The Morgan fingerprint density at radius 3 is 2.38 bits per heavy atom. The number of hydrogen-bond acceptors (Lipinski definition) is 4. The molecule has 0 aliphatic carbocycles. The van der Waals surface area contributed by atoms with E-state index in [2.05, 4.69) is 5.32 Å². The molecule has 0 saturated carbocycles. The zero-order valence-corrected chi connectivity index (χ0v) is 16.0. The molecule has 140 valence electrons. The minimum Gasteiger partial charge on any atom is -0.496 e. The number of rotatable bonds is 8. The van der Waals surface area contributed by atoms with Crippen molar-refractivity contribution < 1.29 is 17.9 Å². The van der Waals surface area contributed by atoms with Gasteiger partial charge in [0.05, 0.1) is 19.9 Å². The van der Waals surface area contributed by atoms with E-state index in [4.69, 9.17) is 4.74 Å². The number of aryl methyl sites for hydroxylation is 1. The molecule has 2 aromatic carbocycles. The molecule has 0 aliphatic heterocycles. The van der Waals surface area contributed by atoms with E-state index in [0.29, 0.717) is 5.75 Å². The first-order valence-corrected chi connectivity index (χ1v) is 10.0. The van der Waals surface area contributed by atoms with Gasteiger partial charge in [0.2, 0.25) is 15.9 Å². The molecule has 0 unspecified atom stereocenters. The maximum absolute atomic E-state index is 12.3. The van der Waals surface area contributed by atoms with E-state index in [1.54, 1.807) is 7.11 Å². The van der Waals surface area contributed by atoms with Crippen molar-refractivity contribution in [3.63, 3.8) is 0 Å². The average molecular weight is 376 g/mol. The standard InChI is InChI=1S/C19H24N2O4S/c1-15-8-10-16(11-9-15)13-21(26(3,23)24)14-19(22)20-12-17-6-4-5-7-18(17)25-2/h4-11H,12-14H2,1-3H3,(H,20,22). The largest absolute Gasteiger partial charge is 0.496 e. The molecule has 0 atom stereocenters. The van der Waals surface area contributed by atoms with Gasteiger partial charge in [-0.05, 0) is 18.6 Å². The van der Waals surface area contributed by atoms with Crippen LogP contribution in [0.1, 0.15) is 16.7 Å². The summed E-state index contributed by atoms with van der Waals surface area (Å²) in [6.07, 6.45) is 1.11. The Balaban J connectivity index is 2.01. The topological polar surface area (TPSA) is 75.7 Å². The molecule has 26 heavy (non-hydrogen) atoms. The Bertz CT molecular complexity index is 848. The smallest absolute Gasteiger partial charge is 0.235 e.